The maximum absolute atomic E-state index is 2.41. The van der Waals surface area contributed by atoms with Crippen LogP contribution < -0.4 is 4.90 Å². The molecule has 0 radical (unpaired) electrons. The summed E-state index contributed by atoms with van der Waals surface area (Å²) in [5.74, 6) is 0. The van der Waals surface area contributed by atoms with Crippen LogP contribution in [0.15, 0.2) is 237 Å². The smallest absolute Gasteiger partial charge is 0.0467 e. The van der Waals surface area contributed by atoms with Crippen molar-refractivity contribution in [3.63, 3.8) is 0 Å². The minimum absolute atomic E-state index is 0.0474. The molecule has 11 rings (SSSR count). The van der Waals surface area contributed by atoms with Crippen LogP contribution in [0.25, 0.3) is 77.5 Å². The molecule has 1 aliphatic carbocycles. The van der Waals surface area contributed by atoms with Gasteiger partial charge in [-0.15, -0.1) is 0 Å². The third kappa shape index (κ3) is 6.69. The third-order valence-corrected chi connectivity index (χ3v) is 12.9. The molecule has 1 heteroatoms. The Hall–Kier alpha value is -7.74. The quantitative estimate of drug-likeness (QED) is 0.148. The molecule has 0 heterocycles. The first kappa shape index (κ1) is 37.3. The Morgan fingerprint density at radius 3 is 1.45 bits per heavy atom. The summed E-state index contributed by atoms with van der Waals surface area (Å²) in [6.07, 6.45) is 0. The van der Waals surface area contributed by atoms with Gasteiger partial charge < -0.3 is 4.90 Å². The highest BCUT2D eigenvalue weighted by atomic mass is 15.1. The fourth-order valence-electron chi connectivity index (χ4n) is 9.59. The van der Waals surface area contributed by atoms with Gasteiger partial charge in [-0.2, -0.15) is 0 Å². The number of hydrogen-bond acceptors (Lipinski definition) is 1. The molecule has 62 heavy (non-hydrogen) atoms. The summed E-state index contributed by atoms with van der Waals surface area (Å²) in [5, 5.41) is 2.51. The van der Waals surface area contributed by atoms with E-state index in [1.165, 1.54) is 88.7 Å². The molecule has 0 bridgehead atoms. The first-order valence-electron chi connectivity index (χ1n) is 21.6. The molecule has 0 atom stereocenters. The Bertz CT molecular complexity index is 3220. The van der Waals surface area contributed by atoms with E-state index in [0.29, 0.717) is 0 Å². The van der Waals surface area contributed by atoms with Gasteiger partial charge in [0.2, 0.25) is 0 Å². The lowest BCUT2D eigenvalue weighted by molar-refractivity contribution is 0.660. The van der Waals surface area contributed by atoms with E-state index in [1.54, 1.807) is 0 Å². The van der Waals surface area contributed by atoms with Gasteiger partial charge in [-0.1, -0.05) is 202 Å². The number of benzene rings is 10. The Labute approximate surface area is 364 Å². The molecule has 0 amide bonds. The van der Waals surface area contributed by atoms with E-state index in [2.05, 4.69) is 255 Å². The summed E-state index contributed by atoms with van der Waals surface area (Å²) in [6.45, 7) is 4.70. The van der Waals surface area contributed by atoms with Gasteiger partial charge in [-0.05, 0) is 137 Å². The molecule has 0 unspecified atom stereocenters. The van der Waals surface area contributed by atoms with Gasteiger partial charge in [-0.25, -0.2) is 0 Å². The van der Waals surface area contributed by atoms with Crippen molar-refractivity contribution in [1.29, 1.82) is 0 Å². The summed E-state index contributed by atoms with van der Waals surface area (Å²) >= 11 is 0. The second-order valence-corrected chi connectivity index (χ2v) is 17.0. The van der Waals surface area contributed by atoms with Crippen molar-refractivity contribution in [1.82, 2.24) is 0 Å². The average molecular weight is 792 g/mol. The van der Waals surface area contributed by atoms with Gasteiger partial charge in [0.1, 0.15) is 0 Å². The van der Waals surface area contributed by atoms with Crippen LogP contribution in [-0.4, -0.2) is 0 Å². The van der Waals surface area contributed by atoms with E-state index < -0.39 is 0 Å². The molecule has 0 aromatic heterocycles. The van der Waals surface area contributed by atoms with Crippen LogP contribution in [-0.2, 0) is 5.41 Å². The SMILES string of the molecule is CC1(C)c2ccccc2-c2ccc(-c3ccc(N(c4ccc(-c5ccc(-c6ccccc6)cc5)cc4)c4cccc(-c5cccc(-c6cccc7ccccc67)c5)c4)cc3)cc21. The van der Waals surface area contributed by atoms with Crippen LogP contribution in [0.5, 0.6) is 0 Å². The van der Waals surface area contributed by atoms with Gasteiger partial charge in [0.05, 0.1) is 0 Å². The fraction of sp³-hybridized carbons (Fsp3) is 0.0492. The highest BCUT2D eigenvalue weighted by molar-refractivity contribution is 5.97. The molecular weight excluding hydrogens is 747 g/mol. The number of rotatable bonds is 8. The van der Waals surface area contributed by atoms with Crippen molar-refractivity contribution in [3.8, 4) is 66.8 Å². The molecule has 0 fully saturated rings. The molecule has 0 spiro atoms. The van der Waals surface area contributed by atoms with Crippen molar-refractivity contribution in [2.75, 3.05) is 4.90 Å². The van der Waals surface area contributed by atoms with Crippen molar-refractivity contribution >= 4 is 27.8 Å². The minimum Gasteiger partial charge on any atom is -0.310 e. The van der Waals surface area contributed by atoms with E-state index in [4.69, 9.17) is 0 Å². The van der Waals surface area contributed by atoms with Gasteiger partial charge in [0.15, 0.2) is 0 Å². The van der Waals surface area contributed by atoms with Crippen molar-refractivity contribution in [2.45, 2.75) is 19.3 Å². The van der Waals surface area contributed by atoms with Crippen LogP contribution >= 0.6 is 0 Å². The summed E-state index contributed by atoms with van der Waals surface area (Å²) in [6, 6.07) is 86.5. The van der Waals surface area contributed by atoms with E-state index >= 15 is 0 Å². The number of anilines is 3. The standard InChI is InChI=1S/C61H45N/c1-61(2)59-24-9-8-22-57(59)58-38-33-50(41-60(58)61)46-31-36-53(37-32-46)62(52-34-29-45(30-35-52)44-27-25-43(26-28-44)42-13-4-3-5-14-42)54-20-11-18-49(40-54)48-17-10-19-51(39-48)56-23-12-16-47-15-6-7-21-55(47)56/h3-41H,1-2H3. The van der Waals surface area contributed by atoms with E-state index in [-0.39, 0.29) is 5.41 Å². The lowest BCUT2D eigenvalue weighted by Gasteiger charge is -2.26. The highest BCUT2D eigenvalue weighted by Gasteiger charge is 2.35. The van der Waals surface area contributed by atoms with Crippen LogP contribution in [0, 0.1) is 0 Å². The maximum atomic E-state index is 2.41. The van der Waals surface area contributed by atoms with Crippen molar-refractivity contribution in [3.05, 3.63) is 248 Å². The average Bonchev–Trinajstić information content (AvgIpc) is 3.57. The molecule has 1 nitrogen and oxygen atoms in total. The summed E-state index contributed by atoms with van der Waals surface area (Å²) in [7, 11) is 0. The summed E-state index contributed by atoms with van der Waals surface area (Å²) in [5.41, 5.74) is 20.8. The largest absolute Gasteiger partial charge is 0.310 e. The third-order valence-electron chi connectivity index (χ3n) is 12.9. The molecule has 0 saturated heterocycles. The van der Waals surface area contributed by atoms with Gasteiger partial charge in [0.25, 0.3) is 0 Å². The number of fused-ring (bicyclic) bond motifs is 4. The Kier molecular flexibility index (Phi) is 9.24. The van der Waals surface area contributed by atoms with Crippen molar-refractivity contribution < 1.29 is 0 Å². The maximum Gasteiger partial charge on any atom is 0.0467 e. The van der Waals surface area contributed by atoms with Gasteiger partial charge >= 0.3 is 0 Å². The first-order chi connectivity index (χ1) is 30.5. The molecule has 10 aromatic rings. The van der Waals surface area contributed by atoms with E-state index in [1.807, 2.05) is 0 Å². The van der Waals surface area contributed by atoms with Crippen LogP contribution in [0.1, 0.15) is 25.0 Å². The first-order valence-corrected chi connectivity index (χ1v) is 21.6. The Morgan fingerprint density at radius 2 is 0.726 bits per heavy atom. The van der Waals surface area contributed by atoms with Crippen LogP contribution in [0.4, 0.5) is 17.1 Å². The van der Waals surface area contributed by atoms with Crippen LogP contribution in [0.3, 0.4) is 0 Å². The Balaban J connectivity index is 0.962. The van der Waals surface area contributed by atoms with E-state index in [0.717, 1.165) is 17.1 Å². The molecule has 10 aromatic carbocycles. The number of hydrogen-bond donors (Lipinski definition) is 0. The second-order valence-electron chi connectivity index (χ2n) is 17.0. The zero-order chi connectivity index (χ0) is 41.6. The molecule has 0 saturated carbocycles. The summed E-state index contributed by atoms with van der Waals surface area (Å²) < 4.78 is 0. The van der Waals surface area contributed by atoms with Crippen LogP contribution in [0.2, 0.25) is 0 Å². The molecule has 294 valence electrons. The second kappa shape index (κ2) is 15.4. The lowest BCUT2D eigenvalue weighted by atomic mass is 9.81. The number of nitrogens with zero attached hydrogens (tertiary/aromatic N) is 1. The Morgan fingerprint density at radius 1 is 0.274 bits per heavy atom. The van der Waals surface area contributed by atoms with E-state index in [9.17, 15) is 0 Å². The lowest BCUT2D eigenvalue weighted by Crippen LogP contribution is -2.14. The molecule has 0 aliphatic heterocycles. The minimum atomic E-state index is -0.0474. The fourth-order valence-corrected chi connectivity index (χ4v) is 9.59. The monoisotopic (exact) mass is 791 g/mol. The predicted molar refractivity (Wildman–Crippen MR) is 263 cm³/mol. The highest BCUT2D eigenvalue weighted by Crippen LogP contribution is 2.50. The zero-order valence-electron chi connectivity index (χ0n) is 35.0. The van der Waals surface area contributed by atoms with Crippen molar-refractivity contribution in [2.24, 2.45) is 0 Å². The molecule has 0 N–H and O–H groups in total. The molecular formula is C61H45N. The topological polar surface area (TPSA) is 3.24 Å². The van der Waals surface area contributed by atoms with Gasteiger partial charge in [-0.3, -0.25) is 0 Å². The normalized spacial score (nSPS) is 12.5. The molecule has 1 aliphatic rings. The zero-order valence-corrected chi connectivity index (χ0v) is 35.0. The predicted octanol–water partition coefficient (Wildman–Crippen LogP) is 17.0. The van der Waals surface area contributed by atoms with Gasteiger partial charge in [0, 0.05) is 22.5 Å². The summed E-state index contributed by atoms with van der Waals surface area (Å²) in [4.78, 5) is 2.38.